The molecule has 1 unspecified atom stereocenters. The van der Waals surface area contributed by atoms with Crippen LogP contribution in [0.1, 0.15) is 64.1 Å². The monoisotopic (exact) mass is 301 g/mol. The van der Waals surface area contributed by atoms with Crippen molar-refractivity contribution in [2.24, 2.45) is 0 Å². The summed E-state index contributed by atoms with van der Waals surface area (Å²) in [5, 5.41) is 3.33. The second-order valence-electron chi connectivity index (χ2n) is 6.45. The van der Waals surface area contributed by atoms with E-state index >= 15 is 0 Å². The highest BCUT2D eigenvalue weighted by atomic mass is 19.4. The van der Waals surface area contributed by atoms with E-state index in [2.05, 4.69) is 32.2 Å². The van der Waals surface area contributed by atoms with Gasteiger partial charge in [0.1, 0.15) is 0 Å². The van der Waals surface area contributed by atoms with E-state index in [0.29, 0.717) is 6.42 Å². The number of hydrogen-bond donors (Lipinski definition) is 1. The van der Waals surface area contributed by atoms with Crippen LogP contribution < -0.4 is 5.32 Å². The molecule has 1 nitrogen and oxygen atoms in total. The summed E-state index contributed by atoms with van der Waals surface area (Å²) in [6.07, 6.45) is -4.13. The minimum atomic E-state index is -4.07. The Morgan fingerprint density at radius 2 is 1.71 bits per heavy atom. The van der Waals surface area contributed by atoms with Crippen LogP contribution in [0, 0.1) is 0 Å². The number of rotatable bonds is 6. The zero-order valence-electron chi connectivity index (χ0n) is 13.3. The summed E-state index contributed by atoms with van der Waals surface area (Å²) in [6, 6.07) is 8.03. The molecule has 0 spiro atoms. The Balaban J connectivity index is 2.90. The highest BCUT2D eigenvalue weighted by Crippen LogP contribution is 2.32. The Hall–Kier alpha value is -1.03. The molecule has 1 rings (SSSR count). The number of hydrogen-bond acceptors (Lipinski definition) is 1. The van der Waals surface area contributed by atoms with Crippen LogP contribution in [0.3, 0.4) is 0 Å². The van der Waals surface area contributed by atoms with Gasteiger partial charge in [-0.25, -0.2) is 0 Å². The van der Waals surface area contributed by atoms with Crippen LogP contribution in [0.15, 0.2) is 24.3 Å². The Morgan fingerprint density at radius 3 is 2.24 bits per heavy atom. The van der Waals surface area contributed by atoms with Gasteiger partial charge in [-0.05, 0) is 35.9 Å². The third-order valence-corrected chi connectivity index (χ3v) is 3.55. The zero-order valence-corrected chi connectivity index (χ0v) is 13.3. The normalized spacial score (nSPS) is 14.2. The molecule has 1 aromatic carbocycles. The Kier molecular flexibility index (Phi) is 6.26. The Bertz CT molecular complexity index is 432. The van der Waals surface area contributed by atoms with Crippen LogP contribution in [-0.4, -0.2) is 12.7 Å². The topological polar surface area (TPSA) is 12.0 Å². The first-order valence-corrected chi connectivity index (χ1v) is 7.54. The van der Waals surface area contributed by atoms with Gasteiger partial charge in [-0.1, -0.05) is 52.0 Å². The number of benzene rings is 1. The molecule has 0 saturated carbocycles. The smallest absolute Gasteiger partial charge is 0.310 e. The molecule has 1 atom stereocenters. The molecular weight excluding hydrogens is 275 g/mol. The minimum absolute atomic E-state index is 0.0196. The van der Waals surface area contributed by atoms with Crippen LogP contribution in [0.4, 0.5) is 13.2 Å². The molecule has 0 aliphatic heterocycles. The first-order valence-electron chi connectivity index (χ1n) is 7.54. The largest absolute Gasteiger partial charge is 0.389 e. The Labute approximate surface area is 125 Å². The van der Waals surface area contributed by atoms with E-state index in [0.717, 1.165) is 12.1 Å². The van der Waals surface area contributed by atoms with Crippen molar-refractivity contribution < 1.29 is 13.2 Å². The van der Waals surface area contributed by atoms with Crippen molar-refractivity contribution in [2.75, 3.05) is 6.54 Å². The fourth-order valence-corrected chi connectivity index (χ4v) is 2.60. The molecule has 0 amide bonds. The number of nitrogens with one attached hydrogen (secondary N) is 1. The third kappa shape index (κ3) is 6.08. The van der Waals surface area contributed by atoms with Crippen LogP contribution in [-0.2, 0) is 5.41 Å². The Morgan fingerprint density at radius 1 is 1.10 bits per heavy atom. The molecular formula is C17H26F3N. The maximum atomic E-state index is 12.3. The molecule has 4 heteroatoms. The standard InChI is InChI=1S/C17H26F3N/c1-5-21-15(11-8-12-17(18,19)20)13-9-6-7-10-14(13)16(2,3)4/h6-7,9-10,15,21H,5,8,11-12H2,1-4H3. The lowest BCUT2D eigenvalue weighted by Crippen LogP contribution is -2.25. The van der Waals surface area contributed by atoms with Gasteiger partial charge in [0, 0.05) is 12.5 Å². The molecule has 0 heterocycles. The molecule has 1 aromatic rings. The zero-order chi connectivity index (χ0) is 16.1. The second-order valence-corrected chi connectivity index (χ2v) is 6.45. The fourth-order valence-electron chi connectivity index (χ4n) is 2.60. The molecule has 120 valence electrons. The van der Waals surface area contributed by atoms with E-state index in [-0.39, 0.29) is 17.9 Å². The predicted octanol–water partition coefficient (Wildman–Crippen LogP) is 5.37. The van der Waals surface area contributed by atoms with Crippen LogP contribution in [0.2, 0.25) is 0 Å². The van der Waals surface area contributed by atoms with Crippen molar-refractivity contribution in [1.29, 1.82) is 0 Å². The maximum Gasteiger partial charge on any atom is 0.389 e. The van der Waals surface area contributed by atoms with Gasteiger partial charge in [0.2, 0.25) is 0 Å². The summed E-state index contributed by atoms with van der Waals surface area (Å²) in [4.78, 5) is 0. The average Bonchev–Trinajstić information content (AvgIpc) is 2.35. The van der Waals surface area contributed by atoms with Crippen LogP contribution in [0.5, 0.6) is 0 Å². The second kappa shape index (κ2) is 7.30. The van der Waals surface area contributed by atoms with Gasteiger partial charge >= 0.3 is 6.18 Å². The molecule has 0 fully saturated rings. The molecule has 21 heavy (non-hydrogen) atoms. The fraction of sp³-hybridized carbons (Fsp3) is 0.647. The highest BCUT2D eigenvalue weighted by Gasteiger charge is 2.28. The molecule has 0 aliphatic rings. The highest BCUT2D eigenvalue weighted by molar-refractivity contribution is 5.35. The first-order chi connectivity index (χ1) is 9.65. The molecule has 1 N–H and O–H groups in total. The average molecular weight is 301 g/mol. The quantitative estimate of drug-likeness (QED) is 0.745. The molecule has 0 aromatic heterocycles. The van der Waals surface area contributed by atoms with Gasteiger partial charge in [0.15, 0.2) is 0 Å². The van der Waals surface area contributed by atoms with Crippen molar-refractivity contribution in [3.8, 4) is 0 Å². The first kappa shape index (κ1) is 18.0. The van der Waals surface area contributed by atoms with Crippen LogP contribution in [0.25, 0.3) is 0 Å². The van der Waals surface area contributed by atoms with Gasteiger partial charge in [0.25, 0.3) is 0 Å². The maximum absolute atomic E-state index is 12.3. The lowest BCUT2D eigenvalue weighted by atomic mass is 9.81. The predicted molar refractivity (Wildman–Crippen MR) is 81.5 cm³/mol. The molecule has 0 radical (unpaired) electrons. The van der Waals surface area contributed by atoms with Gasteiger partial charge in [0.05, 0.1) is 0 Å². The summed E-state index contributed by atoms with van der Waals surface area (Å²) in [7, 11) is 0. The van der Waals surface area contributed by atoms with E-state index < -0.39 is 12.6 Å². The number of halogens is 3. The lowest BCUT2D eigenvalue weighted by molar-refractivity contribution is -0.135. The van der Waals surface area contributed by atoms with E-state index in [1.807, 2.05) is 25.1 Å². The summed E-state index contributed by atoms with van der Waals surface area (Å²) in [6.45, 7) is 9.12. The van der Waals surface area contributed by atoms with E-state index in [1.165, 1.54) is 5.56 Å². The minimum Gasteiger partial charge on any atom is -0.310 e. The van der Waals surface area contributed by atoms with Gasteiger partial charge in [-0.15, -0.1) is 0 Å². The van der Waals surface area contributed by atoms with E-state index in [4.69, 9.17) is 0 Å². The molecule has 0 aliphatic carbocycles. The van der Waals surface area contributed by atoms with Crippen molar-refractivity contribution >= 4 is 0 Å². The van der Waals surface area contributed by atoms with Gasteiger partial charge < -0.3 is 5.32 Å². The van der Waals surface area contributed by atoms with Crippen molar-refractivity contribution in [2.45, 2.75) is 64.6 Å². The van der Waals surface area contributed by atoms with E-state index in [1.54, 1.807) is 0 Å². The SMILES string of the molecule is CCNC(CCCC(F)(F)F)c1ccccc1C(C)(C)C. The summed E-state index contributed by atoms with van der Waals surface area (Å²) in [5.74, 6) is 0. The van der Waals surface area contributed by atoms with Gasteiger partial charge in [-0.2, -0.15) is 13.2 Å². The molecule has 0 saturated heterocycles. The van der Waals surface area contributed by atoms with Gasteiger partial charge in [-0.3, -0.25) is 0 Å². The lowest BCUT2D eigenvalue weighted by Gasteiger charge is -2.28. The van der Waals surface area contributed by atoms with E-state index in [9.17, 15) is 13.2 Å². The third-order valence-electron chi connectivity index (χ3n) is 3.55. The van der Waals surface area contributed by atoms with Crippen molar-refractivity contribution in [1.82, 2.24) is 5.32 Å². The number of alkyl halides is 3. The molecule has 0 bridgehead atoms. The summed E-state index contributed by atoms with van der Waals surface area (Å²) < 4.78 is 37.0. The summed E-state index contributed by atoms with van der Waals surface area (Å²) in [5.41, 5.74) is 2.30. The van der Waals surface area contributed by atoms with Crippen LogP contribution >= 0.6 is 0 Å². The van der Waals surface area contributed by atoms with Crippen molar-refractivity contribution in [3.63, 3.8) is 0 Å². The van der Waals surface area contributed by atoms with Crippen molar-refractivity contribution in [3.05, 3.63) is 35.4 Å². The summed E-state index contributed by atoms with van der Waals surface area (Å²) >= 11 is 0.